The molecule has 0 unspecified atom stereocenters. The lowest BCUT2D eigenvalue weighted by Gasteiger charge is -2.09. The second kappa shape index (κ2) is 16.7. The molecule has 0 aromatic rings. The zero-order valence-electron chi connectivity index (χ0n) is 13.8. The van der Waals surface area contributed by atoms with E-state index in [4.69, 9.17) is 12.2 Å². The van der Waals surface area contributed by atoms with Gasteiger partial charge in [0.05, 0.1) is 0 Å². The Labute approximate surface area is 132 Å². The van der Waals surface area contributed by atoms with Crippen molar-refractivity contribution in [3.63, 3.8) is 0 Å². The predicted molar refractivity (Wildman–Crippen MR) is 95.4 cm³/mol. The van der Waals surface area contributed by atoms with Gasteiger partial charge in [-0.15, -0.1) is 0 Å². The summed E-state index contributed by atoms with van der Waals surface area (Å²) in [5.74, 6) is 0. The summed E-state index contributed by atoms with van der Waals surface area (Å²) in [7, 11) is 0. The van der Waals surface area contributed by atoms with Crippen molar-refractivity contribution in [1.29, 1.82) is 0 Å². The van der Waals surface area contributed by atoms with Crippen molar-refractivity contribution in [2.75, 3.05) is 13.1 Å². The standard InChI is InChI=1S/C17H36N2S/c1-3-5-7-8-9-10-11-12-13-14-16-19-17(20)18-15-6-4-2/h3-16H2,1-2H3,(H2,18,19,20). The quantitative estimate of drug-likeness (QED) is 0.342. The van der Waals surface area contributed by atoms with Crippen molar-refractivity contribution in [2.45, 2.75) is 90.9 Å². The second-order valence-electron chi connectivity index (χ2n) is 5.72. The molecular weight excluding hydrogens is 264 g/mol. The minimum absolute atomic E-state index is 0.828. The van der Waals surface area contributed by atoms with E-state index in [1.54, 1.807) is 0 Å². The number of rotatable bonds is 14. The largest absolute Gasteiger partial charge is 0.363 e. The van der Waals surface area contributed by atoms with Crippen LogP contribution in [0.3, 0.4) is 0 Å². The number of hydrogen-bond acceptors (Lipinski definition) is 1. The average molecular weight is 301 g/mol. The fourth-order valence-electron chi connectivity index (χ4n) is 2.26. The SMILES string of the molecule is CCCCCCCCCCCCNC(=S)NCCCC. The summed E-state index contributed by atoms with van der Waals surface area (Å²) in [6, 6.07) is 0. The first-order chi connectivity index (χ1) is 9.81. The van der Waals surface area contributed by atoms with Crippen molar-refractivity contribution >= 4 is 17.3 Å². The summed E-state index contributed by atoms with van der Waals surface area (Å²) in [5.41, 5.74) is 0. The molecule has 0 rings (SSSR count). The van der Waals surface area contributed by atoms with Crippen LogP contribution in [0.2, 0.25) is 0 Å². The summed E-state index contributed by atoms with van der Waals surface area (Å²) in [6.07, 6.45) is 16.3. The van der Waals surface area contributed by atoms with Crippen molar-refractivity contribution < 1.29 is 0 Å². The lowest BCUT2D eigenvalue weighted by atomic mass is 10.1. The van der Waals surface area contributed by atoms with Gasteiger partial charge in [0, 0.05) is 13.1 Å². The van der Waals surface area contributed by atoms with Crippen LogP contribution in [0.1, 0.15) is 90.9 Å². The fraction of sp³-hybridized carbons (Fsp3) is 0.941. The van der Waals surface area contributed by atoms with Gasteiger partial charge in [-0.05, 0) is 25.1 Å². The van der Waals surface area contributed by atoms with E-state index >= 15 is 0 Å². The van der Waals surface area contributed by atoms with Crippen LogP contribution in [0.15, 0.2) is 0 Å². The predicted octanol–water partition coefficient (Wildman–Crippen LogP) is 5.17. The van der Waals surface area contributed by atoms with Crippen molar-refractivity contribution in [3.05, 3.63) is 0 Å². The first-order valence-electron chi connectivity index (χ1n) is 8.83. The topological polar surface area (TPSA) is 24.1 Å². The normalized spacial score (nSPS) is 10.5. The first-order valence-corrected chi connectivity index (χ1v) is 9.23. The van der Waals surface area contributed by atoms with Gasteiger partial charge in [-0.3, -0.25) is 0 Å². The van der Waals surface area contributed by atoms with Gasteiger partial charge in [0.1, 0.15) is 0 Å². The first kappa shape index (κ1) is 19.7. The molecule has 0 radical (unpaired) electrons. The van der Waals surface area contributed by atoms with Crippen molar-refractivity contribution in [2.24, 2.45) is 0 Å². The molecule has 120 valence electrons. The second-order valence-corrected chi connectivity index (χ2v) is 6.13. The Morgan fingerprint density at radius 2 is 1.00 bits per heavy atom. The molecule has 0 spiro atoms. The molecule has 0 bridgehead atoms. The molecule has 0 saturated heterocycles. The van der Waals surface area contributed by atoms with Crippen molar-refractivity contribution in [1.82, 2.24) is 10.6 Å². The Balaban J connectivity index is 3.07. The molecule has 3 heteroatoms. The Morgan fingerprint density at radius 1 is 0.600 bits per heavy atom. The minimum Gasteiger partial charge on any atom is -0.363 e. The average Bonchev–Trinajstić information content (AvgIpc) is 2.45. The molecule has 0 saturated carbocycles. The van der Waals surface area contributed by atoms with E-state index in [0.717, 1.165) is 18.2 Å². The summed E-state index contributed by atoms with van der Waals surface area (Å²) < 4.78 is 0. The van der Waals surface area contributed by atoms with E-state index in [2.05, 4.69) is 24.5 Å². The van der Waals surface area contributed by atoms with Crippen LogP contribution in [0.25, 0.3) is 0 Å². The molecule has 0 aromatic carbocycles. The molecule has 0 amide bonds. The monoisotopic (exact) mass is 300 g/mol. The molecule has 0 heterocycles. The van der Waals surface area contributed by atoms with E-state index in [-0.39, 0.29) is 0 Å². The van der Waals surface area contributed by atoms with Gasteiger partial charge in [-0.2, -0.15) is 0 Å². The Kier molecular flexibility index (Phi) is 16.5. The van der Waals surface area contributed by atoms with Crippen LogP contribution in [-0.4, -0.2) is 18.2 Å². The van der Waals surface area contributed by atoms with Crippen LogP contribution in [-0.2, 0) is 0 Å². The molecule has 0 aliphatic carbocycles. The van der Waals surface area contributed by atoms with Crippen LogP contribution in [0, 0.1) is 0 Å². The minimum atomic E-state index is 0.828. The number of unbranched alkanes of at least 4 members (excludes halogenated alkanes) is 10. The highest BCUT2D eigenvalue weighted by Gasteiger charge is 1.95. The molecular formula is C17H36N2S. The third-order valence-corrected chi connectivity index (χ3v) is 3.92. The number of thiocarbonyl (C=S) groups is 1. The van der Waals surface area contributed by atoms with Crippen LogP contribution in [0.5, 0.6) is 0 Å². The van der Waals surface area contributed by atoms with E-state index < -0.39 is 0 Å². The summed E-state index contributed by atoms with van der Waals surface area (Å²) in [4.78, 5) is 0. The van der Waals surface area contributed by atoms with E-state index in [0.29, 0.717) is 0 Å². The maximum atomic E-state index is 5.22. The maximum Gasteiger partial charge on any atom is 0.166 e. The zero-order valence-corrected chi connectivity index (χ0v) is 14.6. The van der Waals surface area contributed by atoms with Crippen molar-refractivity contribution in [3.8, 4) is 0 Å². The van der Waals surface area contributed by atoms with Gasteiger partial charge in [-0.25, -0.2) is 0 Å². The van der Waals surface area contributed by atoms with E-state index in [9.17, 15) is 0 Å². The van der Waals surface area contributed by atoms with Gasteiger partial charge >= 0.3 is 0 Å². The Morgan fingerprint density at radius 3 is 1.50 bits per heavy atom. The van der Waals surface area contributed by atoms with Gasteiger partial charge in [-0.1, -0.05) is 78.1 Å². The van der Waals surface area contributed by atoms with Gasteiger partial charge in [0.15, 0.2) is 5.11 Å². The fourth-order valence-corrected chi connectivity index (χ4v) is 2.46. The third-order valence-electron chi connectivity index (χ3n) is 3.63. The number of nitrogens with one attached hydrogen (secondary N) is 2. The van der Waals surface area contributed by atoms with E-state index in [1.807, 2.05) is 0 Å². The highest BCUT2D eigenvalue weighted by molar-refractivity contribution is 7.80. The summed E-state index contributed by atoms with van der Waals surface area (Å²) in [5, 5.41) is 7.35. The maximum absolute atomic E-state index is 5.22. The van der Waals surface area contributed by atoms with Crippen LogP contribution < -0.4 is 10.6 Å². The molecule has 0 aliphatic rings. The highest BCUT2D eigenvalue weighted by Crippen LogP contribution is 2.10. The molecule has 0 aromatic heterocycles. The van der Waals surface area contributed by atoms with Gasteiger partial charge < -0.3 is 10.6 Å². The molecule has 20 heavy (non-hydrogen) atoms. The Hall–Kier alpha value is -0.310. The smallest absolute Gasteiger partial charge is 0.166 e. The summed E-state index contributed by atoms with van der Waals surface area (Å²) in [6.45, 7) is 6.50. The van der Waals surface area contributed by atoms with E-state index in [1.165, 1.54) is 77.0 Å². The Bertz CT molecular complexity index is 207. The third kappa shape index (κ3) is 15.7. The molecule has 0 atom stereocenters. The van der Waals surface area contributed by atoms with Gasteiger partial charge in [0.25, 0.3) is 0 Å². The number of hydrogen-bond donors (Lipinski definition) is 2. The lowest BCUT2D eigenvalue weighted by molar-refractivity contribution is 0.554. The molecule has 0 fully saturated rings. The molecule has 2 nitrogen and oxygen atoms in total. The van der Waals surface area contributed by atoms with Gasteiger partial charge in [0.2, 0.25) is 0 Å². The zero-order chi connectivity index (χ0) is 14.9. The van der Waals surface area contributed by atoms with Crippen LogP contribution >= 0.6 is 12.2 Å². The molecule has 0 aliphatic heterocycles. The highest BCUT2D eigenvalue weighted by atomic mass is 32.1. The lowest BCUT2D eigenvalue weighted by Crippen LogP contribution is -2.36. The summed E-state index contributed by atoms with van der Waals surface area (Å²) >= 11 is 5.22. The van der Waals surface area contributed by atoms with Crippen LogP contribution in [0.4, 0.5) is 0 Å². The molecule has 2 N–H and O–H groups in total.